The van der Waals surface area contributed by atoms with Crippen LogP contribution in [0.25, 0.3) is 0 Å². The molecule has 0 unspecified atom stereocenters. The van der Waals surface area contributed by atoms with E-state index in [1.54, 1.807) is 36.4 Å². The van der Waals surface area contributed by atoms with Crippen LogP contribution < -0.4 is 10.6 Å². The summed E-state index contributed by atoms with van der Waals surface area (Å²) in [6, 6.07) is 17.9. The Kier molecular flexibility index (Phi) is 6.18. The molecule has 2 N–H and O–H groups in total. The SMILES string of the molecule is O=C(N[C@H]1C(=O)Nc2ccccc2S[C@@H]1c1cc(F)ccc1F)OCc1ccccc1. The molecule has 8 heteroatoms. The van der Waals surface area contributed by atoms with E-state index in [0.717, 1.165) is 35.5 Å². The first kappa shape index (κ1) is 20.9. The first-order chi connectivity index (χ1) is 15.0. The molecule has 0 saturated heterocycles. The predicted octanol–water partition coefficient (Wildman–Crippen LogP) is 5.05. The number of carbonyl (C=O) groups excluding carboxylic acids is 2. The van der Waals surface area contributed by atoms with Crippen molar-refractivity contribution in [2.45, 2.75) is 22.8 Å². The van der Waals surface area contributed by atoms with Crippen molar-refractivity contribution in [1.29, 1.82) is 0 Å². The lowest BCUT2D eigenvalue weighted by Crippen LogP contribution is -2.46. The maximum Gasteiger partial charge on any atom is 0.408 e. The Hall–Kier alpha value is -3.39. The van der Waals surface area contributed by atoms with Crippen LogP contribution in [0.1, 0.15) is 16.4 Å². The molecule has 1 aliphatic rings. The fourth-order valence-electron chi connectivity index (χ4n) is 3.23. The summed E-state index contributed by atoms with van der Waals surface area (Å²) in [4.78, 5) is 26.1. The molecule has 2 atom stereocenters. The fraction of sp³-hybridized carbons (Fsp3) is 0.130. The summed E-state index contributed by atoms with van der Waals surface area (Å²) in [7, 11) is 0. The van der Waals surface area contributed by atoms with Crippen molar-refractivity contribution in [1.82, 2.24) is 5.32 Å². The zero-order valence-corrected chi connectivity index (χ0v) is 17.0. The number of ether oxygens (including phenoxy) is 1. The summed E-state index contributed by atoms with van der Waals surface area (Å²) in [5.74, 6) is -1.86. The van der Waals surface area contributed by atoms with Crippen LogP contribution in [0.5, 0.6) is 0 Å². The fourth-order valence-corrected chi connectivity index (χ4v) is 4.55. The molecule has 2 amide bonds. The molecule has 0 bridgehead atoms. The van der Waals surface area contributed by atoms with E-state index < -0.39 is 34.9 Å². The van der Waals surface area contributed by atoms with Gasteiger partial charge in [0, 0.05) is 10.5 Å². The highest BCUT2D eigenvalue weighted by atomic mass is 32.2. The van der Waals surface area contributed by atoms with E-state index in [2.05, 4.69) is 10.6 Å². The highest BCUT2D eigenvalue weighted by Gasteiger charge is 2.37. The average Bonchev–Trinajstić information content (AvgIpc) is 2.91. The van der Waals surface area contributed by atoms with Crippen molar-refractivity contribution >= 4 is 29.4 Å². The van der Waals surface area contributed by atoms with Crippen LogP contribution >= 0.6 is 11.8 Å². The van der Waals surface area contributed by atoms with E-state index in [0.29, 0.717) is 10.6 Å². The minimum absolute atomic E-state index is 0.00732. The number of para-hydroxylation sites is 1. The third-order valence-electron chi connectivity index (χ3n) is 4.73. The van der Waals surface area contributed by atoms with Gasteiger partial charge in [-0.3, -0.25) is 4.79 Å². The van der Waals surface area contributed by atoms with Gasteiger partial charge in [0.15, 0.2) is 0 Å². The van der Waals surface area contributed by atoms with E-state index in [1.807, 2.05) is 18.2 Å². The van der Waals surface area contributed by atoms with Gasteiger partial charge in [0.25, 0.3) is 0 Å². The number of carbonyl (C=O) groups is 2. The number of alkyl carbamates (subject to hydrolysis) is 1. The molecule has 0 aromatic heterocycles. The Balaban J connectivity index is 1.62. The lowest BCUT2D eigenvalue weighted by Gasteiger charge is -2.24. The minimum atomic E-state index is -1.20. The van der Waals surface area contributed by atoms with Gasteiger partial charge < -0.3 is 15.4 Å². The molecule has 5 nitrogen and oxygen atoms in total. The van der Waals surface area contributed by atoms with Crippen LogP contribution in [0.3, 0.4) is 0 Å². The van der Waals surface area contributed by atoms with Gasteiger partial charge in [-0.15, -0.1) is 11.8 Å². The van der Waals surface area contributed by atoms with E-state index in [4.69, 9.17) is 4.74 Å². The summed E-state index contributed by atoms with van der Waals surface area (Å²) in [6.07, 6.45) is -0.836. The third-order valence-corrected chi connectivity index (χ3v) is 6.12. The first-order valence-electron chi connectivity index (χ1n) is 9.50. The van der Waals surface area contributed by atoms with E-state index in [9.17, 15) is 18.4 Å². The quantitative estimate of drug-likeness (QED) is 0.596. The van der Waals surface area contributed by atoms with Crippen molar-refractivity contribution < 1.29 is 23.1 Å². The molecule has 1 heterocycles. The van der Waals surface area contributed by atoms with Crippen LogP contribution in [-0.2, 0) is 16.1 Å². The Morgan fingerprint density at radius 2 is 1.77 bits per heavy atom. The molecular formula is C23H18F2N2O3S. The minimum Gasteiger partial charge on any atom is -0.445 e. The number of anilines is 1. The smallest absolute Gasteiger partial charge is 0.408 e. The van der Waals surface area contributed by atoms with Crippen LogP contribution in [0.2, 0.25) is 0 Å². The van der Waals surface area contributed by atoms with Gasteiger partial charge >= 0.3 is 6.09 Å². The molecule has 4 rings (SSSR count). The van der Waals surface area contributed by atoms with Gasteiger partial charge in [-0.05, 0) is 35.9 Å². The summed E-state index contributed by atoms with van der Waals surface area (Å²) < 4.78 is 33.7. The average molecular weight is 440 g/mol. The molecule has 0 aliphatic carbocycles. The number of fused-ring (bicyclic) bond motifs is 1. The largest absolute Gasteiger partial charge is 0.445 e. The Morgan fingerprint density at radius 1 is 1.03 bits per heavy atom. The van der Waals surface area contributed by atoms with Crippen molar-refractivity contribution in [2.75, 3.05) is 5.32 Å². The summed E-state index contributed by atoms with van der Waals surface area (Å²) >= 11 is 1.16. The number of hydrogen-bond acceptors (Lipinski definition) is 4. The zero-order chi connectivity index (χ0) is 21.8. The zero-order valence-electron chi connectivity index (χ0n) is 16.2. The van der Waals surface area contributed by atoms with Gasteiger partial charge in [-0.25, -0.2) is 13.6 Å². The maximum absolute atomic E-state index is 14.6. The first-order valence-corrected chi connectivity index (χ1v) is 10.4. The molecule has 3 aromatic rings. The molecule has 31 heavy (non-hydrogen) atoms. The number of thioether (sulfide) groups is 1. The summed E-state index contributed by atoms with van der Waals surface area (Å²) in [6.45, 7) is 0.00732. The highest BCUT2D eigenvalue weighted by molar-refractivity contribution is 7.99. The lowest BCUT2D eigenvalue weighted by molar-refractivity contribution is -0.118. The second-order valence-corrected chi connectivity index (χ2v) is 8.06. The maximum atomic E-state index is 14.6. The lowest BCUT2D eigenvalue weighted by atomic mass is 10.0. The topological polar surface area (TPSA) is 67.4 Å². The normalized spacial score (nSPS) is 17.8. The van der Waals surface area contributed by atoms with Crippen molar-refractivity contribution in [2.24, 2.45) is 0 Å². The van der Waals surface area contributed by atoms with Gasteiger partial charge in [-0.2, -0.15) is 0 Å². The summed E-state index contributed by atoms with van der Waals surface area (Å²) in [5.41, 5.74) is 1.28. The highest BCUT2D eigenvalue weighted by Crippen LogP contribution is 2.44. The van der Waals surface area contributed by atoms with Crippen LogP contribution in [0, 0.1) is 11.6 Å². The number of rotatable bonds is 4. The Labute approximate surface area is 181 Å². The third kappa shape index (κ3) is 4.86. The number of halogens is 2. The van der Waals surface area contributed by atoms with Crippen molar-refractivity contribution in [3.63, 3.8) is 0 Å². The standard InChI is InChI=1S/C23H18F2N2O3S/c24-15-10-11-17(25)16(12-15)21-20(22(28)26-18-8-4-5-9-19(18)31-21)27-23(29)30-13-14-6-2-1-3-7-14/h1-12,20-21H,13H2,(H,26,28)(H,27,29)/t20-,21-/m1/s1. The molecule has 0 saturated carbocycles. The molecule has 158 valence electrons. The van der Waals surface area contributed by atoms with E-state index >= 15 is 0 Å². The summed E-state index contributed by atoms with van der Waals surface area (Å²) in [5, 5.41) is 4.35. The molecule has 3 aromatic carbocycles. The van der Waals surface area contributed by atoms with E-state index in [-0.39, 0.29) is 12.2 Å². The van der Waals surface area contributed by atoms with Crippen molar-refractivity contribution in [3.8, 4) is 0 Å². The second kappa shape index (κ2) is 9.18. The van der Waals surface area contributed by atoms with Gasteiger partial charge in [0.05, 0.1) is 10.9 Å². The molecule has 0 spiro atoms. The number of benzene rings is 3. The molecular weight excluding hydrogens is 422 g/mol. The van der Waals surface area contributed by atoms with Crippen LogP contribution in [0.15, 0.2) is 77.7 Å². The monoisotopic (exact) mass is 440 g/mol. The van der Waals surface area contributed by atoms with Gasteiger partial charge in [0.1, 0.15) is 24.3 Å². The number of hydrogen-bond donors (Lipinski definition) is 2. The predicted molar refractivity (Wildman–Crippen MR) is 114 cm³/mol. The van der Waals surface area contributed by atoms with Gasteiger partial charge in [-0.1, -0.05) is 42.5 Å². The Morgan fingerprint density at radius 3 is 2.58 bits per heavy atom. The van der Waals surface area contributed by atoms with Gasteiger partial charge in [0.2, 0.25) is 5.91 Å². The second-order valence-electron chi connectivity index (χ2n) is 6.87. The molecule has 0 radical (unpaired) electrons. The number of nitrogens with one attached hydrogen (secondary N) is 2. The van der Waals surface area contributed by atoms with Crippen LogP contribution in [-0.4, -0.2) is 18.0 Å². The number of amides is 2. The van der Waals surface area contributed by atoms with E-state index in [1.165, 1.54) is 0 Å². The van der Waals surface area contributed by atoms with Crippen molar-refractivity contribution in [3.05, 3.63) is 95.6 Å². The molecule has 0 fully saturated rings. The Bertz CT molecular complexity index is 1110. The van der Waals surface area contributed by atoms with Crippen LogP contribution in [0.4, 0.5) is 19.3 Å². The molecule has 1 aliphatic heterocycles.